The van der Waals surface area contributed by atoms with E-state index in [0.717, 1.165) is 103 Å². The third-order valence-electron chi connectivity index (χ3n) is 12.1. The van der Waals surface area contributed by atoms with E-state index in [0.29, 0.717) is 19.3 Å². The number of carbonyl (C=O) groups is 3. The standard InChI is InChI=1S/C58H104O6/c1-4-7-10-13-16-19-22-25-28-31-33-36-39-42-45-48-51-57(60)63-54-55(64-58(61)52-49-46-43-40-37-34-30-27-24-21-18-15-12-9-6-3)53-62-56(59)50-47-44-41-38-35-32-29-26-23-20-17-14-11-8-5-2/h17-18,20-21,26-27,29-30,55H,4-16,19,22-25,28,31-54H2,1-3H3/b20-17+,21-18+,29-26+,30-27+/t55-/m1/s1. The van der Waals surface area contributed by atoms with Gasteiger partial charge >= 0.3 is 17.9 Å². The highest BCUT2D eigenvalue weighted by atomic mass is 16.6. The van der Waals surface area contributed by atoms with Gasteiger partial charge in [0.25, 0.3) is 0 Å². The van der Waals surface area contributed by atoms with Crippen molar-refractivity contribution >= 4 is 17.9 Å². The fourth-order valence-electron chi connectivity index (χ4n) is 7.86. The van der Waals surface area contributed by atoms with Crippen LogP contribution in [0.2, 0.25) is 0 Å². The van der Waals surface area contributed by atoms with Crippen LogP contribution in [0.15, 0.2) is 48.6 Å². The number of carbonyl (C=O) groups excluding carboxylic acids is 3. The summed E-state index contributed by atoms with van der Waals surface area (Å²) in [5.74, 6) is -0.897. The summed E-state index contributed by atoms with van der Waals surface area (Å²) < 4.78 is 16.8. The molecule has 0 unspecified atom stereocenters. The zero-order valence-corrected chi connectivity index (χ0v) is 42.6. The van der Waals surface area contributed by atoms with E-state index in [-0.39, 0.29) is 31.1 Å². The van der Waals surface area contributed by atoms with Gasteiger partial charge in [0, 0.05) is 19.3 Å². The molecule has 372 valence electrons. The van der Waals surface area contributed by atoms with Gasteiger partial charge in [0.2, 0.25) is 0 Å². The van der Waals surface area contributed by atoms with Gasteiger partial charge < -0.3 is 14.2 Å². The van der Waals surface area contributed by atoms with E-state index in [1.165, 1.54) is 141 Å². The maximum absolute atomic E-state index is 12.8. The molecule has 0 rings (SSSR count). The van der Waals surface area contributed by atoms with Crippen LogP contribution in [0.3, 0.4) is 0 Å². The molecule has 0 saturated heterocycles. The zero-order valence-electron chi connectivity index (χ0n) is 42.6. The monoisotopic (exact) mass is 897 g/mol. The lowest BCUT2D eigenvalue weighted by molar-refractivity contribution is -0.167. The van der Waals surface area contributed by atoms with Crippen molar-refractivity contribution < 1.29 is 28.6 Å². The second-order valence-electron chi connectivity index (χ2n) is 18.5. The van der Waals surface area contributed by atoms with E-state index >= 15 is 0 Å². The first-order valence-corrected chi connectivity index (χ1v) is 27.6. The average molecular weight is 897 g/mol. The number of ether oxygens (including phenoxy) is 3. The first-order chi connectivity index (χ1) is 31.5. The average Bonchev–Trinajstić information content (AvgIpc) is 3.29. The Morgan fingerprint density at radius 1 is 0.312 bits per heavy atom. The van der Waals surface area contributed by atoms with Crippen LogP contribution in [0, 0.1) is 0 Å². The minimum atomic E-state index is -0.784. The van der Waals surface area contributed by atoms with Crippen LogP contribution in [-0.4, -0.2) is 37.2 Å². The van der Waals surface area contributed by atoms with Crippen LogP contribution in [0.25, 0.3) is 0 Å². The second-order valence-corrected chi connectivity index (χ2v) is 18.5. The highest BCUT2D eigenvalue weighted by molar-refractivity contribution is 5.71. The van der Waals surface area contributed by atoms with E-state index in [4.69, 9.17) is 14.2 Å². The molecule has 6 nitrogen and oxygen atoms in total. The van der Waals surface area contributed by atoms with Crippen molar-refractivity contribution in [1.29, 1.82) is 0 Å². The van der Waals surface area contributed by atoms with Crippen molar-refractivity contribution in [3.8, 4) is 0 Å². The van der Waals surface area contributed by atoms with Crippen molar-refractivity contribution in [1.82, 2.24) is 0 Å². The quantitative estimate of drug-likeness (QED) is 0.0262. The van der Waals surface area contributed by atoms with Gasteiger partial charge in [-0.1, -0.05) is 230 Å². The van der Waals surface area contributed by atoms with Gasteiger partial charge in [-0.25, -0.2) is 0 Å². The summed E-state index contributed by atoms with van der Waals surface area (Å²) in [4.78, 5) is 38.1. The van der Waals surface area contributed by atoms with E-state index in [1.807, 2.05) is 0 Å². The molecule has 0 radical (unpaired) electrons. The Morgan fingerprint density at radius 3 is 0.891 bits per heavy atom. The lowest BCUT2D eigenvalue weighted by atomic mass is 10.0. The zero-order chi connectivity index (χ0) is 46.5. The Balaban J connectivity index is 4.40. The molecule has 0 aliphatic rings. The Labute approximate surface area is 397 Å². The van der Waals surface area contributed by atoms with Crippen LogP contribution in [-0.2, 0) is 28.6 Å². The van der Waals surface area contributed by atoms with Crippen molar-refractivity contribution in [2.45, 2.75) is 290 Å². The maximum atomic E-state index is 12.8. The first-order valence-electron chi connectivity index (χ1n) is 27.6. The molecule has 0 heterocycles. The van der Waals surface area contributed by atoms with Gasteiger partial charge in [-0.3, -0.25) is 14.4 Å². The summed E-state index contributed by atoms with van der Waals surface area (Å²) in [6.45, 7) is 6.59. The maximum Gasteiger partial charge on any atom is 0.306 e. The van der Waals surface area contributed by atoms with E-state index in [9.17, 15) is 14.4 Å². The molecule has 0 aromatic carbocycles. The molecule has 0 amide bonds. The van der Waals surface area contributed by atoms with Gasteiger partial charge in [-0.15, -0.1) is 0 Å². The fraction of sp³-hybridized carbons (Fsp3) is 0.810. The van der Waals surface area contributed by atoms with Crippen LogP contribution >= 0.6 is 0 Å². The molecule has 0 N–H and O–H groups in total. The van der Waals surface area contributed by atoms with E-state index in [1.54, 1.807) is 0 Å². The summed E-state index contributed by atoms with van der Waals surface area (Å²) in [6.07, 6.45) is 63.7. The molecule has 0 aliphatic carbocycles. The number of hydrogen-bond donors (Lipinski definition) is 0. The lowest BCUT2D eigenvalue weighted by Gasteiger charge is -2.18. The van der Waals surface area contributed by atoms with Gasteiger partial charge in [0.05, 0.1) is 0 Å². The molecular formula is C58H104O6. The van der Waals surface area contributed by atoms with Gasteiger partial charge in [0.15, 0.2) is 6.10 Å². The SMILES string of the molecule is CCCCC/C=C/C/C=C/CCCCCCCC(=O)OC[C@H](COC(=O)CCCCCCCCCCCCCCCCCC)OC(=O)CCCCCCC/C=C/C/C=C/CCCCC. The lowest BCUT2D eigenvalue weighted by Crippen LogP contribution is -2.30. The smallest absolute Gasteiger partial charge is 0.306 e. The predicted molar refractivity (Wildman–Crippen MR) is 275 cm³/mol. The number of unbranched alkanes of at least 4 members (excludes halogenated alkanes) is 31. The van der Waals surface area contributed by atoms with E-state index < -0.39 is 6.10 Å². The van der Waals surface area contributed by atoms with Gasteiger partial charge in [-0.05, 0) is 83.5 Å². The molecule has 0 fully saturated rings. The minimum absolute atomic E-state index is 0.0808. The molecule has 0 spiro atoms. The third-order valence-corrected chi connectivity index (χ3v) is 12.1. The van der Waals surface area contributed by atoms with Crippen molar-refractivity contribution in [2.24, 2.45) is 0 Å². The molecule has 6 heteroatoms. The highest BCUT2D eigenvalue weighted by Gasteiger charge is 2.19. The topological polar surface area (TPSA) is 78.9 Å². The molecule has 0 aromatic rings. The van der Waals surface area contributed by atoms with Crippen molar-refractivity contribution in [3.05, 3.63) is 48.6 Å². The summed E-state index contributed by atoms with van der Waals surface area (Å²) in [6, 6.07) is 0. The number of esters is 3. The normalized spacial score (nSPS) is 12.4. The van der Waals surface area contributed by atoms with Crippen LogP contribution in [0.1, 0.15) is 284 Å². The highest BCUT2D eigenvalue weighted by Crippen LogP contribution is 2.16. The van der Waals surface area contributed by atoms with E-state index in [2.05, 4.69) is 69.4 Å². The van der Waals surface area contributed by atoms with Gasteiger partial charge in [-0.2, -0.15) is 0 Å². The predicted octanol–water partition coefficient (Wildman–Crippen LogP) is 18.3. The minimum Gasteiger partial charge on any atom is -0.462 e. The number of hydrogen-bond acceptors (Lipinski definition) is 6. The number of rotatable bonds is 50. The second kappa shape index (κ2) is 53.0. The third kappa shape index (κ3) is 50.4. The summed E-state index contributed by atoms with van der Waals surface area (Å²) in [5, 5.41) is 0. The Morgan fingerprint density at radius 2 is 0.562 bits per heavy atom. The molecule has 0 aromatic heterocycles. The largest absolute Gasteiger partial charge is 0.462 e. The van der Waals surface area contributed by atoms with Crippen molar-refractivity contribution in [2.75, 3.05) is 13.2 Å². The van der Waals surface area contributed by atoms with Crippen LogP contribution in [0.4, 0.5) is 0 Å². The summed E-state index contributed by atoms with van der Waals surface area (Å²) in [5.41, 5.74) is 0. The Hall–Kier alpha value is -2.63. The molecular weight excluding hydrogens is 793 g/mol. The summed E-state index contributed by atoms with van der Waals surface area (Å²) in [7, 11) is 0. The molecule has 64 heavy (non-hydrogen) atoms. The van der Waals surface area contributed by atoms with Crippen LogP contribution < -0.4 is 0 Å². The molecule has 0 bridgehead atoms. The Kier molecular flexibility index (Phi) is 50.8. The fourth-order valence-corrected chi connectivity index (χ4v) is 7.86. The molecule has 0 aliphatic heterocycles. The molecule has 0 saturated carbocycles. The Bertz CT molecular complexity index is 1120. The van der Waals surface area contributed by atoms with Crippen LogP contribution in [0.5, 0.6) is 0 Å². The first kappa shape index (κ1) is 61.4. The molecule has 1 atom stereocenters. The summed E-state index contributed by atoms with van der Waals surface area (Å²) >= 11 is 0. The van der Waals surface area contributed by atoms with Crippen molar-refractivity contribution in [3.63, 3.8) is 0 Å². The van der Waals surface area contributed by atoms with Gasteiger partial charge in [0.1, 0.15) is 13.2 Å². The number of allylic oxidation sites excluding steroid dienone is 8.